The predicted octanol–water partition coefficient (Wildman–Crippen LogP) is 1.74. The third-order valence-corrected chi connectivity index (χ3v) is 3.58. The van der Waals surface area contributed by atoms with Gasteiger partial charge >= 0.3 is 11.7 Å². The number of rotatable bonds is 5. The Morgan fingerprint density at radius 3 is 2.70 bits per heavy atom. The molecule has 9 nitrogen and oxygen atoms in total. The summed E-state index contributed by atoms with van der Waals surface area (Å²) in [5.74, 6) is -0.587. The van der Waals surface area contributed by atoms with E-state index >= 15 is 0 Å². The largest absolute Gasteiger partial charge is 0.465 e. The Labute approximate surface area is 132 Å². The number of carbonyl (C=O) groups excluding carboxylic acids is 1. The number of esters is 1. The predicted molar refractivity (Wildman–Crippen MR) is 82.2 cm³/mol. The molecular weight excluding hydrogens is 302 g/mol. The lowest BCUT2D eigenvalue weighted by atomic mass is 10.2. The molecule has 0 aliphatic rings. The van der Waals surface area contributed by atoms with Crippen molar-refractivity contribution in [3.05, 3.63) is 44.9 Å². The van der Waals surface area contributed by atoms with Crippen LogP contribution in [0, 0.1) is 24.0 Å². The molecular formula is C14H17N5O4. The summed E-state index contributed by atoms with van der Waals surface area (Å²) in [4.78, 5) is 26.0. The number of hydrogen-bond acceptors (Lipinski definition) is 7. The van der Waals surface area contributed by atoms with E-state index in [1.807, 2.05) is 20.9 Å². The molecule has 0 unspecified atom stereocenters. The minimum absolute atomic E-state index is 0.0264. The van der Waals surface area contributed by atoms with Gasteiger partial charge in [0, 0.05) is 37.1 Å². The standard InChI is InChI=1S/C14H17N5O4/c1-8-11(9(2)18(3)17-8)7-16-13-12(19(21)22)5-10(6-15-13)14(20)23-4/h5-6H,7H2,1-4H3,(H,15,16). The number of nitro groups is 1. The van der Waals surface area contributed by atoms with Crippen molar-refractivity contribution in [3.8, 4) is 0 Å². The Morgan fingerprint density at radius 1 is 1.48 bits per heavy atom. The molecule has 0 amide bonds. The van der Waals surface area contributed by atoms with Gasteiger partial charge in [-0.25, -0.2) is 9.78 Å². The Bertz CT molecular complexity index is 769. The highest BCUT2D eigenvalue weighted by atomic mass is 16.6. The monoisotopic (exact) mass is 319 g/mol. The van der Waals surface area contributed by atoms with Gasteiger partial charge in [-0.2, -0.15) is 5.10 Å². The van der Waals surface area contributed by atoms with Crippen LogP contribution in [0.4, 0.5) is 11.5 Å². The first-order valence-corrected chi connectivity index (χ1v) is 6.80. The number of pyridine rings is 1. The summed E-state index contributed by atoms with van der Waals surface area (Å²) in [7, 11) is 3.03. The average Bonchev–Trinajstić information content (AvgIpc) is 2.77. The summed E-state index contributed by atoms with van der Waals surface area (Å²) in [5.41, 5.74) is 2.49. The highest BCUT2D eigenvalue weighted by Gasteiger charge is 2.20. The molecule has 0 spiro atoms. The summed E-state index contributed by atoms with van der Waals surface area (Å²) >= 11 is 0. The average molecular weight is 319 g/mol. The number of anilines is 1. The van der Waals surface area contributed by atoms with Crippen LogP contribution in [0.3, 0.4) is 0 Å². The van der Waals surface area contributed by atoms with Gasteiger partial charge in [0.05, 0.1) is 23.3 Å². The molecule has 2 aromatic heterocycles. The van der Waals surface area contributed by atoms with E-state index in [0.29, 0.717) is 6.54 Å². The van der Waals surface area contributed by atoms with Crippen molar-refractivity contribution >= 4 is 17.5 Å². The molecule has 0 atom stereocenters. The Morgan fingerprint density at radius 2 is 2.17 bits per heavy atom. The van der Waals surface area contributed by atoms with Gasteiger partial charge in [0.15, 0.2) is 0 Å². The van der Waals surface area contributed by atoms with Gasteiger partial charge in [-0.05, 0) is 13.8 Å². The van der Waals surface area contributed by atoms with E-state index in [1.165, 1.54) is 13.3 Å². The van der Waals surface area contributed by atoms with Gasteiger partial charge in [-0.15, -0.1) is 0 Å². The number of aromatic nitrogens is 3. The Hall–Kier alpha value is -2.97. The maximum atomic E-state index is 11.5. The summed E-state index contributed by atoms with van der Waals surface area (Å²) < 4.78 is 6.29. The van der Waals surface area contributed by atoms with Crippen molar-refractivity contribution in [1.29, 1.82) is 0 Å². The van der Waals surface area contributed by atoms with E-state index in [9.17, 15) is 14.9 Å². The highest BCUT2D eigenvalue weighted by molar-refractivity contribution is 5.90. The summed E-state index contributed by atoms with van der Waals surface area (Å²) in [6.07, 6.45) is 1.24. The fourth-order valence-corrected chi connectivity index (χ4v) is 2.20. The molecule has 0 radical (unpaired) electrons. The Kier molecular flexibility index (Phi) is 4.58. The first-order chi connectivity index (χ1) is 10.8. The van der Waals surface area contributed by atoms with Gasteiger partial charge in [-0.3, -0.25) is 14.8 Å². The van der Waals surface area contributed by atoms with E-state index in [1.54, 1.807) is 4.68 Å². The van der Waals surface area contributed by atoms with Crippen LogP contribution in [0.2, 0.25) is 0 Å². The maximum absolute atomic E-state index is 11.5. The summed E-state index contributed by atoms with van der Waals surface area (Å²) in [5, 5.41) is 18.4. The van der Waals surface area contributed by atoms with Gasteiger partial charge < -0.3 is 10.1 Å². The zero-order chi connectivity index (χ0) is 17.1. The Balaban J connectivity index is 2.29. The van der Waals surface area contributed by atoms with Crippen LogP contribution in [0.1, 0.15) is 27.3 Å². The lowest BCUT2D eigenvalue weighted by Gasteiger charge is -2.08. The number of carbonyl (C=O) groups is 1. The van der Waals surface area contributed by atoms with E-state index in [2.05, 4.69) is 20.1 Å². The van der Waals surface area contributed by atoms with E-state index < -0.39 is 10.9 Å². The third kappa shape index (κ3) is 3.28. The van der Waals surface area contributed by atoms with Gasteiger partial charge in [0.2, 0.25) is 5.82 Å². The molecule has 2 aromatic rings. The first kappa shape index (κ1) is 16.4. The molecule has 2 rings (SSSR count). The molecule has 9 heteroatoms. The maximum Gasteiger partial charge on any atom is 0.339 e. The normalized spacial score (nSPS) is 10.4. The third-order valence-electron chi connectivity index (χ3n) is 3.58. The van der Waals surface area contributed by atoms with E-state index in [-0.39, 0.29) is 17.1 Å². The zero-order valence-electron chi connectivity index (χ0n) is 13.3. The number of aryl methyl sites for hydroxylation is 2. The second kappa shape index (κ2) is 6.42. The van der Waals surface area contributed by atoms with Crippen LogP contribution in [-0.2, 0) is 18.3 Å². The molecule has 2 heterocycles. The fraction of sp³-hybridized carbons (Fsp3) is 0.357. The fourth-order valence-electron chi connectivity index (χ4n) is 2.20. The number of hydrogen-bond donors (Lipinski definition) is 1. The van der Waals surface area contributed by atoms with Crippen molar-refractivity contribution < 1.29 is 14.5 Å². The van der Waals surface area contributed by atoms with Gasteiger partial charge in [0.25, 0.3) is 0 Å². The molecule has 0 aliphatic heterocycles. The second-order valence-electron chi connectivity index (χ2n) is 4.97. The summed E-state index contributed by atoms with van der Waals surface area (Å²) in [6.45, 7) is 4.13. The van der Waals surface area contributed by atoms with Gasteiger partial charge in [-0.1, -0.05) is 0 Å². The van der Waals surface area contributed by atoms with E-state index in [0.717, 1.165) is 23.0 Å². The highest BCUT2D eigenvalue weighted by Crippen LogP contribution is 2.24. The van der Waals surface area contributed by atoms with Crippen LogP contribution < -0.4 is 5.32 Å². The van der Waals surface area contributed by atoms with Crippen molar-refractivity contribution in [2.24, 2.45) is 7.05 Å². The lowest BCUT2D eigenvalue weighted by Crippen LogP contribution is -2.09. The smallest absolute Gasteiger partial charge is 0.339 e. The molecule has 0 saturated carbocycles. The minimum atomic E-state index is -0.675. The van der Waals surface area contributed by atoms with Crippen LogP contribution in [-0.4, -0.2) is 32.8 Å². The van der Waals surface area contributed by atoms with Crippen LogP contribution in [0.25, 0.3) is 0 Å². The second-order valence-corrected chi connectivity index (χ2v) is 4.97. The number of ether oxygens (including phenoxy) is 1. The lowest BCUT2D eigenvalue weighted by molar-refractivity contribution is -0.384. The summed E-state index contributed by atoms with van der Waals surface area (Å²) in [6, 6.07) is 1.14. The molecule has 0 saturated heterocycles. The van der Waals surface area contributed by atoms with Crippen molar-refractivity contribution in [2.45, 2.75) is 20.4 Å². The molecule has 0 aromatic carbocycles. The molecule has 0 fully saturated rings. The zero-order valence-corrected chi connectivity index (χ0v) is 13.3. The number of nitrogens with one attached hydrogen (secondary N) is 1. The van der Waals surface area contributed by atoms with Crippen LogP contribution in [0.15, 0.2) is 12.3 Å². The molecule has 23 heavy (non-hydrogen) atoms. The molecule has 0 aliphatic carbocycles. The number of methoxy groups -OCH3 is 1. The topological polar surface area (TPSA) is 112 Å². The number of nitrogens with zero attached hydrogens (tertiary/aromatic N) is 4. The molecule has 0 bridgehead atoms. The first-order valence-electron chi connectivity index (χ1n) is 6.80. The quantitative estimate of drug-likeness (QED) is 0.507. The van der Waals surface area contributed by atoms with Crippen molar-refractivity contribution in [1.82, 2.24) is 14.8 Å². The van der Waals surface area contributed by atoms with Crippen LogP contribution in [0.5, 0.6) is 0 Å². The minimum Gasteiger partial charge on any atom is -0.465 e. The molecule has 122 valence electrons. The van der Waals surface area contributed by atoms with E-state index in [4.69, 9.17) is 0 Å². The van der Waals surface area contributed by atoms with Crippen molar-refractivity contribution in [3.63, 3.8) is 0 Å². The van der Waals surface area contributed by atoms with Gasteiger partial charge in [0.1, 0.15) is 0 Å². The van der Waals surface area contributed by atoms with Crippen molar-refractivity contribution in [2.75, 3.05) is 12.4 Å². The van der Waals surface area contributed by atoms with Crippen LogP contribution >= 0.6 is 0 Å². The molecule has 1 N–H and O–H groups in total. The SMILES string of the molecule is COC(=O)c1cnc(NCc2c(C)nn(C)c2C)c([N+](=O)[O-])c1.